The number of carboxylic acid groups (broad SMARTS) is 1. The van der Waals surface area contributed by atoms with Gasteiger partial charge in [0.15, 0.2) is 0 Å². The van der Waals surface area contributed by atoms with Crippen LogP contribution in [0.25, 0.3) is 0 Å². The van der Waals surface area contributed by atoms with E-state index in [9.17, 15) is 4.79 Å². The fraction of sp³-hybridized carbons (Fsp3) is 0.533. The Morgan fingerprint density at radius 1 is 1.28 bits per heavy atom. The van der Waals surface area contributed by atoms with Crippen LogP contribution in [0.3, 0.4) is 0 Å². The van der Waals surface area contributed by atoms with Crippen molar-refractivity contribution in [2.24, 2.45) is 11.1 Å². The van der Waals surface area contributed by atoms with Crippen LogP contribution in [0.1, 0.15) is 43.6 Å². The third kappa shape index (κ3) is 2.91. The first kappa shape index (κ1) is 13.1. The Balaban J connectivity index is 2.00. The minimum Gasteiger partial charge on any atom is -0.481 e. The molecule has 1 fully saturated rings. The van der Waals surface area contributed by atoms with Crippen LogP contribution in [0.15, 0.2) is 30.3 Å². The van der Waals surface area contributed by atoms with E-state index in [1.807, 2.05) is 6.07 Å². The zero-order chi connectivity index (χ0) is 13.0. The van der Waals surface area contributed by atoms with Crippen molar-refractivity contribution in [1.82, 2.24) is 0 Å². The van der Waals surface area contributed by atoms with E-state index in [4.69, 9.17) is 10.8 Å². The Morgan fingerprint density at radius 2 is 1.89 bits per heavy atom. The predicted molar refractivity (Wildman–Crippen MR) is 71.4 cm³/mol. The molecule has 1 aromatic rings. The molecule has 98 valence electrons. The molecule has 0 radical (unpaired) electrons. The number of hydrogen-bond acceptors (Lipinski definition) is 2. The van der Waals surface area contributed by atoms with Crippen molar-refractivity contribution < 1.29 is 9.90 Å². The van der Waals surface area contributed by atoms with E-state index in [0.29, 0.717) is 12.5 Å². The van der Waals surface area contributed by atoms with E-state index in [1.54, 1.807) is 0 Å². The highest BCUT2D eigenvalue weighted by Gasteiger charge is 2.36. The summed E-state index contributed by atoms with van der Waals surface area (Å²) in [7, 11) is 0. The van der Waals surface area contributed by atoms with Gasteiger partial charge in [-0.15, -0.1) is 0 Å². The lowest BCUT2D eigenvalue weighted by Gasteiger charge is -2.38. The van der Waals surface area contributed by atoms with Crippen LogP contribution in [0.2, 0.25) is 0 Å². The molecule has 3 N–H and O–H groups in total. The number of carboxylic acids is 1. The Bertz CT molecular complexity index is 394. The maximum atomic E-state index is 10.9. The number of carbonyl (C=O) groups is 1. The molecule has 3 nitrogen and oxygen atoms in total. The Labute approximate surface area is 108 Å². The van der Waals surface area contributed by atoms with Gasteiger partial charge in [-0.05, 0) is 49.1 Å². The molecular formula is C15H21NO2. The lowest BCUT2D eigenvalue weighted by Crippen LogP contribution is -2.36. The molecule has 0 spiro atoms. The third-order valence-electron chi connectivity index (χ3n) is 4.28. The Hall–Kier alpha value is -1.35. The second-order valence-corrected chi connectivity index (χ2v) is 5.46. The number of benzene rings is 1. The molecule has 0 saturated heterocycles. The predicted octanol–water partition coefficient (Wildman–Crippen LogP) is 2.76. The summed E-state index contributed by atoms with van der Waals surface area (Å²) in [6, 6.07) is 10.5. The number of nitrogens with two attached hydrogens (primary N) is 1. The number of aliphatic carboxylic acids is 1. The van der Waals surface area contributed by atoms with Gasteiger partial charge in [-0.2, -0.15) is 0 Å². The summed E-state index contributed by atoms with van der Waals surface area (Å²) in [6.45, 7) is 0.487. The van der Waals surface area contributed by atoms with Crippen molar-refractivity contribution in [1.29, 1.82) is 0 Å². The molecule has 0 amide bonds. The van der Waals surface area contributed by atoms with Crippen LogP contribution in [0, 0.1) is 5.41 Å². The molecule has 0 aliphatic heterocycles. The van der Waals surface area contributed by atoms with Crippen molar-refractivity contribution in [3.8, 4) is 0 Å². The topological polar surface area (TPSA) is 63.3 Å². The van der Waals surface area contributed by atoms with Gasteiger partial charge in [-0.25, -0.2) is 0 Å². The van der Waals surface area contributed by atoms with Gasteiger partial charge in [0.1, 0.15) is 0 Å². The molecule has 1 saturated carbocycles. The van der Waals surface area contributed by atoms with E-state index < -0.39 is 5.97 Å². The maximum Gasteiger partial charge on any atom is 0.303 e. The van der Waals surface area contributed by atoms with Gasteiger partial charge in [0.25, 0.3) is 0 Å². The van der Waals surface area contributed by atoms with Gasteiger partial charge in [0.2, 0.25) is 0 Å². The summed E-state index contributed by atoms with van der Waals surface area (Å²) in [5.74, 6) is -0.154. The van der Waals surface area contributed by atoms with E-state index in [1.165, 1.54) is 5.56 Å². The first-order valence-corrected chi connectivity index (χ1v) is 6.62. The summed E-state index contributed by atoms with van der Waals surface area (Å²) in [5.41, 5.74) is 7.01. The summed E-state index contributed by atoms with van der Waals surface area (Å²) in [4.78, 5) is 10.9. The van der Waals surface area contributed by atoms with Gasteiger partial charge in [-0.3, -0.25) is 4.79 Å². The van der Waals surface area contributed by atoms with Crippen LogP contribution in [-0.4, -0.2) is 17.6 Å². The third-order valence-corrected chi connectivity index (χ3v) is 4.28. The molecule has 2 rings (SSSR count). The minimum absolute atomic E-state index is 0.170. The average Bonchev–Trinajstić information content (AvgIpc) is 2.40. The number of hydrogen-bond donors (Lipinski definition) is 2. The first-order valence-electron chi connectivity index (χ1n) is 6.62. The van der Waals surface area contributed by atoms with E-state index in [2.05, 4.69) is 24.3 Å². The molecular weight excluding hydrogens is 226 g/mol. The van der Waals surface area contributed by atoms with Crippen molar-refractivity contribution in [2.75, 3.05) is 6.54 Å². The van der Waals surface area contributed by atoms with Crippen molar-refractivity contribution in [3.63, 3.8) is 0 Å². The standard InChI is InChI=1S/C15H21NO2/c16-11-15(10-14(17)18)8-6-13(7-9-15)12-4-2-1-3-5-12/h1-5,13H,6-11,16H2,(H,17,18)/t13-,15-. The Kier molecular flexibility index (Phi) is 4.02. The first-order chi connectivity index (χ1) is 8.65. The van der Waals surface area contributed by atoms with Crippen molar-refractivity contribution in [2.45, 2.75) is 38.0 Å². The summed E-state index contributed by atoms with van der Waals surface area (Å²) in [6.07, 6.45) is 4.17. The molecule has 1 aliphatic carbocycles. The zero-order valence-electron chi connectivity index (χ0n) is 10.6. The lowest BCUT2D eigenvalue weighted by atomic mass is 9.67. The highest BCUT2D eigenvalue weighted by Crippen LogP contribution is 2.44. The molecule has 1 aromatic carbocycles. The average molecular weight is 247 g/mol. The quantitative estimate of drug-likeness (QED) is 0.860. The van der Waals surface area contributed by atoms with Gasteiger partial charge < -0.3 is 10.8 Å². The lowest BCUT2D eigenvalue weighted by molar-refractivity contribution is -0.140. The largest absolute Gasteiger partial charge is 0.481 e. The molecule has 0 unspecified atom stereocenters. The SMILES string of the molecule is NC[C@]1(CC(=O)O)CC[C@@H](c2ccccc2)CC1. The fourth-order valence-electron chi connectivity index (χ4n) is 3.06. The smallest absolute Gasteiger partial charge is 0.303 e. The molecule has 18 heavy (non-hydrogen) atoms. The second kappa shape index (κ2) is 5.53. The van der Waals surface area contributed by atoms with Gasteiger partial charge >= 0.3 is 5.97 Å². The van der Waals surface area contributed by atoms with E-state index >= 15 is 0 Å². The fourth-order valence-corrected chi connectivity index (χ4v) is 3.06. The summed E-state index contributed by atoms with van der Waals surface area (Å²) < 4.78 is 0. The molecule has 1 aliphatic rings. The van der Waals surface area contributed by atoms with Crippen LogP contribution >= 0.6 is 0 Å². The summed E-state index contributed by atoms with van der Waals surface area (Å²) in [5, 5.41) is 8.99. The molecule has 3 heteroatoms. The maximum absolute atomic E-state index is 10.9. The Morgan fingerprint density at radius 3 is 2.39 bits per heavy atom. The molecule has 0 aromatic heterocycles. The van der Waals surface area contributed by atoms with E-state index in [-0.39, 0.29) is 11.8 Å². The molecule has 0 heterocycles. The van der Waals surface area contributed by atoms with Crippen LogP contribution in [0.5, 0.6) is 0 Å². The summed E-state index contributed by atoms with van der Waals surface area (Å²) >= 11 is 0. The minimum atomic E-state index is -0.724. The van der Waals surface area contributed by atoms with Crippen molar-refractivity contribution >= 4 is 5.97 Å². The van der Waals surface area contributed by atoms with Crippen LogP contribution in [0.4, 0.5) is 0 Å². The second-order valence-electron chi connectivity index (χ2n) is 5.46. The molecule has 0 bridgehead atoms. The van der Waals surface area contributed by atoms with Gasteiger partial charge in [0, 0.05) is 0 Å². The van der Waals surface area contributed by atoms with Gasteiger partial charge in [-0.1, -0.05) is 30.3 Å². The highest BCUT2D eigenvalue weighted by molar-refractivity contribution is 5.67. The van der Waals surface area contributed by atoms with Crippen LogP contribution in [-0.2, 0) is 4.79 Å². The monoisotopic (exact) mass is 247 g/mol. The highest BCUT2D eigenvalue weighted by atomic mass is 16.4. The normalized spacial score (nSPS) is 27.9. The zero-order valence-corrected chi connectivity index (χ0v) is 10.6. The van der Waals surface area contributed by atoms with E-state index in [0.717, 1.165) is 25.7 Å². The molecule has 0 atom stereocenters. The van der Waals surface area contributed by atoms with Crippen molar-refractivity contribution in [3.05, 3.63) is 35.9 Å². The van der Waals surface area contributed by atoms with Crippen LogP contribution < -0.4 is 5.73 Å². The van der Waals surface area contributed by atoms with Gasteiger partial charge in [0.05, 0.1) is 6.42 Å². The number of rotatable bonds is 4.